The summed E-state index contributed by atoms with van der Waals surface area (Å²) in [6.07, 6.45) is 1.13. The Balaban J connectivity index is 3.83. The van der Waals surface area contributed by atoms with Gasteiger partial charge in [-0.25, -0.2) is 4.79 Å². The first-order valence-electron chi connectivity index (χ1n) is 2.02. The third-order valence-electron chi connectivity index (χ3n) is 0.679. The molecule has 0 aromatic carbocycles. The highest BCUT2D eigenvalue weighted by Gasteiger charge is 1.99. The van der Waals surface area contributed by atoms with Crippen molar-refractivity contribution in [3.63, 3.8) is 0 Å². The zero-order valence-corrected chi connectivity index (χ0v) is 4.55. The summed E-state index contributed by atoms with van der Waals surface area (Å²) in [5.74, 6) is 3.90. The molecule has 4 heteroatoms. The largest absolute Gasteiger partial charge is 0.404 e. The lowest BCUT2D eigenvalue weighted by Gasteiger charge is -1.92. The first-order chi connectivity index (χ1) is 3.72. The van der Waals surface area contributed by atoms with Crippen LogP contribution >= 0.6 is 0 Å². The van der Waals surface area contributed by atoms with Crippen molar-refractivity contribution in [1.82, 2.24) is 0 Å². The summed E-state index contributed by atoms with van der Waals surface area (Å²) in [7, 11) is 0. The van der Waals surface area contributed by atoms with Crippen LogP contribution in [-0.4, -0.2) is 5.97 Å². The van der Waals surface area contributed by atoms with E-state index in [-0.39, 0.29) is 0 Å². The van der Waals surface area contributed by atoms with Gasteiger partial charge >= 0.3 is 5.97 Å². The van der Waals surface area contributed by atoms with E-state index >= 15 is 0 Å². The quantitative estimate of drug-likeness (QED) is 0.349. The average Bonchev–Trinajstić information content (AvgIpc) is 1.84. The highest BCUT2D eigenvalue weighted by molar-refractivity contribution is 5.87. The normalized spacial score (nSPS) is 11.0. The number of hydrogen-bond acceptors (Lipinski definition) is 4. The van der Waals surface area contributed by atoms with Crippen molar-refractivity contribution in [2.75, 3.05) is 0 Å². The molecule has 0 aromatic heterocycles. The molecule has 0 spiro atoms. The topological polar surface area (TPSA) is 78.3 Å². The fraction of sp³-hybridized carbons (Fsp3) is 0.250. The standard InChI is InChI=1S/C4H8N2O2/c1-3(2-5)4(7)8-6/h2H,5-6H2,1H3. The molecule has 0 saturated heterocycles. The molecule has 0 amide bonds. The molecule has 0 bridgehead atoms. The third kappa shape index (κ3) is 1.61. The van der Waals surface area contributed by atoms with Gasteiger partial charge in [0.2, 0.25) is 0 Å². The second-order valence-electron chi connectivity index (χ2n) is 1.25. The average molecular weight is 116 g/mol. The van der Waals surface area contributed by atoms with Crippen molar-refractivity contribution in [3.8, 4) is 0 Å². The lowest BCUT2D eigenvalue weighted by atomic mass is 10.3. The van der Waals surface area contributed by atoms with Gasteiger partial charge in [-0.15, -0.1) is 0 Å². The van der Waals surface area contributed by atoms with Crippen LogP contribution < -0.4 is 11.6 Å². The van der Waals surface area contributed by atoms with Crippen LogP contribution in [0.1, 0.15) is 6.92 Å². The predicted octanol–water partition coefficient (Wildman–Crippen LogP) is -0.734. The zero-order valence-electron chi connectivity index (χ0n) is 4.55. The molecule has 4 nitrogen and oxygen atoms in total. The summed E-state index contributed by atoms with van der Waals surface area (Å²) in [4.78, 5) is 14.1. The molecule has 0 atom stereocenters. The second kappa shape index (κ2) is 3.04. The highest BCUT2D eigenvalue weighted by atomic mass is 16.7. The Labute approximate surface area is 47.1 Å². The summed E-state index contributed by atoms with van der Waals surface area (Å²) in [6, 6.07) is 0. The minimum Gasteiger partial charge on any atom is -0.404 e. The lowest BCUT2D eigenvalue weighted by molar-refractivity contribution is -0.139. The van der Waals surface area contributed by atoms with Gasteiger partial charge in [0, 0.05) is 6.20 Å². The number of nitrogens with two attached hydrogens (primary N) is 2. The van der Waals surface area contributed by atoms with Gasteiger partial charge in [-0.2, -0.15) is 5.90 Å². The monoisotopic (exact) mass is 116 g/mol. The molecule has 0 aliphatic heterocycles. The maximum Gasteiger partial charge on any atom is 0.353 e. The summed E-state index contributed by atoms with van der Waals surface area (Å²) in [5.41, 5.74) is 5.23. The van der Waals surface area contributed by atoms with Crippen molar-refractivity contribution in [3.05, 3.63) is 11.8 Å². The minimum absolute atomic E-state index is 0.299. The van der Waals surface area contributed by atoms with Crippen LogP contribution in [0.5, 0.6) is 0 Å². The minimum atomic E-state index is -0.604. The molecule has 0 heterocycles. The van der Waals surface area contributed by atoms with Crippen LogP contribution in [0.25, 0.3) is 0 Å². The molecule has 0 aliphatic carbocycles. The van der Waals surface area contributed by atoms with Crippen LogP contribution in [0, 0.1) is 0 Å². The molecule has 0 unspecified atom stereocenters. The van der Waals surface area contributed by atoms with Crippen LogP contribution in [0.4, 0.5) is 0 Å². The molecule has 4 N–H and O–H groups in total. The summed E-state index contributed by atoms with van der Waals surface area (Å²) < 4.78 is 0. The molecule has 0 aliphatic rings. The van der Waals surface area contributed by atoms with E-state index in [9.17, 15) is 4.79 Å². The lowest BCUT2D eigenvalue weighted by Crippen LogP contribution is -2.11. The van der Waals surface area contributed by atoms with E-state index < -0.39 is 5.97 Å². The molecular formula is C4H8N2O2. The Kier molecular flexibility index (Phi) is 2.64. The first-order valence-corrected chi connectivity index (χ1v) is 2.02. The summed E-state index contributed by atoms with van der Waals surface area (Å²) >= 11 is 0. The Morgan fingerprint density at radius 3 is 2.38 bits per heavy atom. The van der Waals surface area contributed by atoms with E-state index in [1.54, 1.807) is 0 Å². The van der Waals surface area contributed by atoms with Gasteiger partial charge in [0.15, 0.2) is 0 Å². The van der Waals surface area contributed by atoms with Crippen molar-refractivity contribution in [2.24, 2.45) is 11.6 Å². The van der Waals surface area contributed by atoms with E-state index in [1.807, 2.05) is 0 Å². The zero-order chi connectivity index (χ0) is 6.57. The molecule has 46 valence electrons. The third-order valence-corrected chi connectivity index (χ3v) is 0.679. The van der Waals surface area contributed by atoms with Crippen molar-refractivity contribution in [1.29, 1.82) is 0 Å². The fourth-order valence-corrected chi connectivity index (χ4v) is 0.161. The van der Waals surface area contributed by atoms with Gasteiger partial charge in [0.25, 0.3) is 0 Å². The van der Waals surface area contributed by atoms with Crippen molar-refractivity contribution < 1.29 is 9.63 Å². The first kappa shape index (κ1) is 6.97. The van der Waals surface area contributed by atoms with E-state index in [1.165, 1.54) is 6.92 Å². The maximum absolute atomic E-state index is 10.2. The Hall–Kier alpha value is -1.03. The molecule has 0 rings (SSSR count). The number of carbonyl (C=O) groups excluding carboxylic acids is 1. The summed E-state index contributed by atoms with van der Waals surface area (Å²) in [5, 5.41) is 0. The van der Waals surface area contributed by atoms with Gasteiger partial charge in [0.05, 0.1) is 5.57 Å². The molecule has 0 radical (unpaired) electrons. The molecule has 0 fully saturated rings. The SMILES string of the molecule is CC(=CN)C(=O)ON. The van der Waals surface area contributed by atoms with Gasteiger partial charge in [-0.05, 0) is 6.92 Å². The number of hydrogen-bond donors (Lipinski definition) is 2. The van der Waals surface area contributed by atoms with Crippen LogP contribution in [0.15, 0.2) is 11.8 Å². The maximum atomic E-state index is 10.2. The molecule has 0 aromatic rings. The molecule has 8 heavy (non-hydrogen) atoms. The van der Waals surface area contributed by atoms with Gasteiger partial charge in [0.1, 0.15) is 0 Å². The Bertz CT molecular complexity index is 119. The molecule has 0 saturated carbocycles. The van der Waals surface area contributed by atoms with E-state index in [2.05, 4.69) is 10.7 Å². The van der Waals surface area contributed by atoms with Gasteiger partial charge < -0.3 is 10.6 Å². The second-order valence-corrected chi connectivity index (χ2v) is 1.25. The number of rotatable bonds is 1. The van der Waals surface area contributed by atoms with Gasteiger partial charge in [-0.3, -0.25) is 0 Å². The molecular weight excluding hydrogens is 108 g/mol. The Morgan fingerprint density at radius 2 is 2.25 bits per heavy atom. The predicted molar refractivity (Wildman–Crippen MR) is 28.2 cm³/mol. The van der Waals surface area contributed by atoms with Crippen molar-refractivity contribution >= 4 is 5.97 Å². The fourth-order valence-electron chi connectivity index (χ4n) is 0.161. The van der Waals surface area contributed by atoms with E-state index in [0.717, 1.165) is 6.20 Å². The summed E-state index contributed by atoms with van der Waals surface area (Å²) in [6.45, 7) is 1.51. The smallest absolute Gasteiger partial charge is 0.353 e. The van der Waals surface area contributed by atoms with E-state index in [4.69, 9.17) is 5.73 Å². The van der Waals surface area contributed by atoms with Gasteiger partial charge in [-0.1, -0.05) is 0 Å². The number of carbonyl (C=O) groups is 1. The highest BCUT2D eigenvalue weighted by Crippen LogP contribution is 1.88. The van der Waals surface area contributed by atoms with E-state index in [0.29, 0.717) is 5.57 Å². The van der Waals surface area contributed by atoms with Crippen LogP contribution in [0.3, 0.4) is 0 Å². The Morgan fingerprint density at radius 1 is 1.75 bits per heavy atom. The van der Waals surface area contributed by atoms with Crippen LogP contribution in [0.2, 0.25) is 0 Å². The van der Waals surface area contributed by atoms with Crippen molar-refractivity contribution in [2.45, 2.75) is 6.92 Å². The van der Waals surface area contributed by atoms with Crippen LogP contribution in [-0.2, 0) is 9.63 Å².